The van der Waals surface area contributed by atoms with E-state index in [1.807, 2.05) is 62.4 Å². The third-order valence-electron chi connectivity index (χ3n) is 4.33. The summed E-state index contributed by atoms with van der Waals surface area (Å²) >= 11 is 1.10. The van der Waals surface area contributed by atoms with Gasteiger partial charge in [-0.05, 0) is 43.7 Å². The normalized spacial score (nSPS) is 10.6. The lowest BCUT2D eigenvalue weighted by Gasteiger charge is -2.11. The summed E-state index contributed by atoms with van der Waals surface area (Å²) in [7, 11) is 0. The number of hydrogen-bond acceptors (Lipinski definition) is 5. The molecule has 2 aromatic carbocycles. The molecule has 1 amide bonds. The maximum atomic E-state index is 12.3. The average Bonchev–Trinajstić information content (AvgIpc) is 3.07. The predicted molar refractivity (Wildman–Crippen MR) is 115 cm³/mol. The molecule has 0 atom stereocenters. The van der Waals surface area contributed by atoms with E-state index >= 15 is 0 Å². The van der Waals surface area contributed by atoms with Crippen LogP contribution in [0.3, 0.4) is 0 Å². The predicted octanol–water partition coefficient (Wildman–Crippen LogP) is 3.48. The summed E-state index contributed by atoms with van der Waals surface area (Å²) < 4.78 is 12.5. The molecule has 3 aromatic rings. The van der Waals surface area contributed by atoms with E-state index in [2.05, 4.69) is 5.32 Å². The zero-order valence-corrected chi connectivity index (χ0v) is 17.3. The topological polar surface area (TPSA) is 69.6 Å². The fraction of sp³-hybridized carbons (Fsp3) is 0.273. The molecule has 0 aliphatic carbocycles. The molecule has 0 spiro atoms. The van der Waals surface area contributed by atoms with Crippen LogP contribution in [0.4, 0.5) is 0 Å². The summed E-state index contributed by atoms with van der Waals surface area (Å²) in [5.74, 6) is 1.27. The number of ether oxygens (including phenoxy) is 2. The quantitative estimate of drug-likeness (QED) is 0.547. The first kappa shape index (κ1) is 20.7. The van der Waals surface area contributed by atoms with Crippen molar-refractivity contribution in [1.29, 1.82) is 0 Å². The molecule has 7 heteroatoms. The van der Waals surface area contributed by atoms with Crippen LogP contribution in [0.1, 0.15) is 12.5 Å². The van der Waals surface area contributed by atoms with Crippen molar-refractivity contribution in [3.05, 3.63) is 69.1 Å². The van der Waals surface area contributed by atoms with Crippen LogP contribution in [0.25, 0.3) is 11.3 Å². The number of amides is 1. The van der Waals surface area contributed by atoms with E-state index in [0.29, 0.717) is 25.5 Å². The van der Waals surface area contributed by atoms with Gasteiger partial charge in [0, 0.05) is 10.9 Å². The Kier molecular flexibility index (Phi) is 7.08. The van der Waals surface area contributed by atoms with Gasteiger partial charge in [-0.2, -0.15) is 0 Å². The minimum Gasteiger partial charge on any atom is -0.494 e. The van der Waals surface area contributed by atoms with Crippen LogP contribution in [0, 0.1) is 6.92 Å². The van der Waals surface area contributed by atoms with Gasteiger partial charge in [0.15, 0.2) is 0 Å². The van der Waals surface area contributed by atoms with Crippen LogP contribution in [0.15, 0.2) is 58.7 Å². The number of rotatable bonds is 9. The maximum absolute atomic E-state index is 12.3. The molecule has 0 fully saturated rings. The van der Waals surface area contributed by atoms with Crippen LogP contribution in [0.2, 0.25) is 0 Å². The van der Waals surface area contributed by atoms with Gasteiger partial charge in [-0.25, -0.2) is 0 Å². The summed E-state index contributed by atoms with van der Waals surface area (Å²) in [6, 6.07) is 15.1. The minimum absolute atomic E-state index is 0.0188. The van der Waals surface area contributed by atoms with Crippen molar-refractivity contribution in [3.8, 4) is 22.8 Å². The third-order valence-corrected chi connectivity index (χ3v) is 5.10. The van der Waals surface area contributed by atoms with Crippen molar-refractivity contribution in [1.82, 2.24) is 9.88 Å². The second kappa shape index (κ2) is 9.93. The van der Waals surface area contributed by atoms with E-state index in [-0.39, 0.29) is 17.3 Å². The molecule has 1 heterocycles. The number of nitrogens with one attached hydrogen (secondary N) is 1. The molecule has 1 N–H and O–H groups in total. The van der Waals surface area contributed by atoms with E-state index in [4.69, 9.17) is 9.47 Å². The molecule has 0 radical (unpaired) electrons. The molecule has 0 unspecified atom stereocenters. The smallest absolute Gasteiger partial charge is 0.308 e. The number of hydrogen-bond donors (Lipinski definition) is 1. The Labute approximate surface area is 173 Å². The first-order valence-electron chi connectivity index (χ1n) is 9.45. The highest BCUT2D eigenvalue weighted by molar-refractivity contribution is 7.07. The fourth-order valence-electron chi connectivity index (χ4n) is 2.91. The first-order chi connectivity index (χ1) is 14.1. The molecule has 0 bridgehead atoms. The summed E-state index contributed by atoms with van der Waals surface area (Å²) in [6.07, 6.45) is 0. The molecule has 152 valence electrons. The number of nitrogens with zero attached hydrogens (tertiary/aromatic N) is 1. The highest BCUT2D eigenvalue weighted by atomic mass is 32.1. The van der Waals surface area contributed by atoms with E-state index < -0.39 is 0 Å². The Morgan fingerprint density at radius 3 is 2.45 bits per heavy atom. The van der Waals surface area contributed by atoms with Crippen LogP contribution in [0.5, 0.6) is 11.5 Å². The van der Waals surface area contributed by atoms with Crippen LogP contribution in [-0.4, -0.2) is 30.2 Å². The van der Waals surface area contributed by atoms with Gasteiger partial charge >= 0.3 is 4.87 Å². The zero-order chi connectivity index (χ0) is 20.6. The second-order valence-electron chi connectivity index (χ2n) is 6.39. The standard InChI is InChI=1S/C22H24N2O4S/c1-3-27-17-8-10-18(11-9-17)28-13-12-23-21(25)14-24-20(15-29-22(24)26)19-7-5-4-6-16(19)2/h4-11,15H,3,12-14H2,1-2H3,(H,23,25). The number of thiazole rings is 1. The van der Waals surface area contributed by atoms with Crippen molar-refractivity contribution in [2.24, 2.45) is 0 Å². The van der Waals surface area contributed by atoms with Crippen molar-refractivity contribution in [2.75, 3.05) is 19.8 Å². The molecule has 0 saturated carbocycles. The highest BCUT2D eigenvalue weighted by Crippen LogP contribution is 2.23. The van der Waals surface area contributed by atoms with Gasteiger partial charge in [-0.1, -0.05) is 35.6 Å². The third kappa shape index (κ3) is 5.48. The van der Waals surface area contributed by atoms with Gasteiger partial charge in [-0.15, -0.1) is 0 Å². The number of aromatic nitrogens is 1. The lowest BCUT2D eigenvalue weighted by molar-refractivity contribution is -0.121. The first-order valence-corrected chi connectivity index (χ1v) is 10.3. The summed E-state index contributed by atoms with van der Waals surface area (Å²) in [4.78, 5) is 24.4. The SMILES string of the molecule is CCOc1ccc(OCCNC(=O)Cn2c(-c3ccccc3C)csc2=O)cc1. The molecule has 3 rings (SSSR count). The number of aryl methyl sites for hydroxylation is 1. The van der Waals surface area contributed by atoms with Gasteiger partial charge in [-0.3, -0.25) is 14.2 Å². The summed E-state index contributed by atoms with van der Waals surface area (Å²) in [5, 5.41) is 4.60. The molecular formula is C22H24N2O4S. The molecule has 0 aliphatic rings. The molecule has 6 nitrogen and oxygen atoms in total. The molecule has 0 aliphatic heterocycles. The minimum atomic E-state index is -0.226. The fourth-order valence-corrected chi connectivity index (χ4v) is 3.67. The Bertz CT molecular complexity index is 1010. The zero-order valence-electron chi connectivity index (χ0n) is 16.5. The largest absolute Gasteiger partial charge is 0.494 e. The average molecular weight is 413 g/mol. The molecular weight excluding hydrogens is 388 g/mol. The molecule has 1 aromatic heterocycles. The highest BCUT2D eigenvalue weighted by Gasteiger charge is 2.13. The van der Waals surface area contributed by atoms with Gasteiger partial charge in [0.2, 0.25) is 5.91 Å². The van der Waals surface area contributed by atoms with Crippen molar-refractivity contribution in [3.63, 3.8) is 0 Å². The van der Waals surface area contributed by atoms with Gasteiger partial charge in [0.1, 0.15) is 24.7 Å². The Hall–Kier alpha value is -3.06. The number of carbonyl (C=O) groups is 1. The summed E-state index contributed by atoms with van der Waals surface area (Å²) in [5.41, 5.74) is 2.78. The Balaban J connectivity index is 1.52. The van der Waals surface area contributed by atoms with Gasteiger partial charge in [0.05, 0.1) is 18.8 Å². The number of carbonyl (C=O) groups excluding carboxylic acids is 1. The monoisotopic (exact) mass is 412 g/mol. The van der Waals surface area contributed by atoms with Crippen molar-refractivity contribution >= 4 is 17.2 Å². The molecule has 0 saturated heterocycles. The van der Waals surface area contributed by atoms with Crippen LogP contribution in [-0.2, 0) is 11.3 Å². The van der Waals surface area contributed by atoms with Gasteiger partial charge < -0.3 is 14.8 Å². The summed E-state index contributed by atoms with van der Waals surface area (Å²) in [6.45, 7) is 5.20. The van der Waals surface area contributed by atoms with E-state index in [9.17, 15) is 9.59 Å². The van der Waals surface area contributed by atoms with Crippen LogP contribution >= 0.6 is 11.3 Å². The maximum Gasteiger partial charge on any atom is 0.308 e. The Morgan fingerprint density at radius 1 is 1.07 bits per heavy atom. The van der Waals surface area contributed by atoms with E-state index in [1.54, 1.807) is 5.38 Å². The molecule has 29 heavy (non-hydrogen) atoms. The van der Waals surface area contributed by atoms with E-state index in [1.165, 1.54) is 4.57 Å². The van der Waals surface area contributed by atoms with Gasteiger partial charge in [0.25, 0.3) is 0 Å². The lowest BCUT2D eigenvalue weighted by Crippen LogP contribution is -2.33. The second-order valence-corrected chi connectivity index (χ2v) is 7.21. The van der Waals surface area contributed by atoms with Crippen molar-refractivity contribution in [2.45, 2.75) is 20.4 Å². The van der Waals surface area contributed by atoms with E-state index in [0.717, 1.165) is 33.9 Å². The lowest BCUT2D eigenvalue weighted by atomic mass is 10.1. The Morgan fingerprint density at radius 2 is 1.76 bits per heavy atom. The number of benzene rings is 2. The van der Waals surface area contributed by atoms with Crippen molar-refractivity contribution < 1.29 is 14.3 Å². The van der Waals surface area contributed by atoms with Crippen LogP contribution < -0.4 is 19.7 Å².